The van der Waals surface area contributed by atoms with E-state index in [9.17, 15) is 22.8 Å². The summed E-state index contributed by atoms with van der Waals surface area (Å²) in [5, 5.41) is 11.6. The van der Waals surface area contributed by atoms with E-state index in [4.69, 9.17) is 9.84 Å². The quantitative estimate of drug-likeness (QED) is 0.683. The van der Waals surface area contributed by atoms with Crippen LogP contribution in [0.15, 0.2) is 48.5 Å². The second kappa shape index (κ2) is 9.56. The Morgan fingerprint density at radius 2 is 1.55 bits per heavy atom. The molecular weight excluding hydrogens is 387 g/mol. The predicted octanol–water partition coefficient (Wildman–Crippen LogP) is 4.26. The molecule has 156 valence electrons. The number of nitrogens with one attached hydrogen (secondary N) is 1. The number of carbonyl (C=O) groups is 2. The van der Waals surface area contributed by atoms with Crippen molar-refractivity contribution in [2.45, 2.75) is 39.3 Å². The lowest BCUT2D eigenvalue weighted by molar-refractivity contribution is -0.137. The van der Waals surface area contributed by atoms with Crippen LogP contribution in [-0.2, 0) is 28.9 Å². The Labute approximate surface area is 166 Å². The van der Waals surface area contributed by atoms with E-state index in [-0.39, 0.29) is 30.5 Å². The van der Waals surface area contributed by atoms with Gasteiger partial charge >= 0.3 is 12.1 Å². The summed E-state index contributed by atoms with van der Waals surface area (Å²) >= 11 is 0. The minimum atomic E-state index is -4.40. The first kappa shape index (κ1) is 22.4. The zero-order valence-corrected chi connectivity index (χ0v) is 16.0. The number of carbonyl (C=O) groups excluding carboxylic acids is 1. The number of aromatic carboxylic acids is 1. The smallest absolute Gasteiger partial charge is 0.416 e. The zero-order chi connectivity index (χ0) is 21.6. The molecule has 1 atom stereocenters. The van der Waals surface area contributed by atoms with Crippen molar-refractivity contribution in [1.29, 1.82) is 0 Å². The van der Waals surface area contributed by atoms with Crippen LogP contribution >= 0.6 is 0 Å². The second-order valence-electron chi connectivity index (χ2n) is 6.89. The van der Waals surface area contributed by atoms with Crippen LogP contribution in [0, 0.1) is 5.92 Å². The Morgan fingerprint density at radius 3 is 2.03 bits per heavy atom. The molecule has 0 heterocycles. The van der Waals surface area contributed by atoms with Crippen molar-refractivity contribution in [2.75, 3.05) is 0 Å². The Hall–Kier alpha value is -2.87. The zero-order valence-electron chi connectivity index (χ0n) is 16.0. The van der Waals surface area contributed by atoms with Crippen LogP contribution in [0.3, 0.4) is 0 Å². The number of amides is 1. The fourth-order valence-corrected chi connectivity index (χ4v) is 2.60. The van der Waals surface area contributed by atoms with Crippen molar-refractivity contribution >= 4 is 11.9 Å². The first-order chi connectivity index (χ1) is 13.6. The van der Waals surface area contributed by atoms with Gasteiger partial charge in [0.15, 0.2) is 0 Å². The van der Waals surface area contributed by atoms with Crippen LogP contribution in [0.1, 0.15) is 40.9 Å². The van der Waals surface area contributed by atoms with E-state index >= 15 is 0 Å². The monoisotopic (exact) mass is 409 g/mol. The van der Waals surface area contributed by atoms with Gasteiger partial charge in [0, 0.05) is 6.54 Å². The molecule has 2 aromatic carbocycles. The highest BCUT2D eigenvalue weighted by atomic mass is 19.4. The largest absolute Gasteiger partial charge is 0.478 e. The number of ether oxygens (including phenoxy) is 1. The number of hydrogen-bond acceptors (Lipinski definition) is 3. The van der Waals surface area contributed by atoms with Gasteiger partial charge in [-0.1, -0.05) is 38.1 Å². The lowest BCUT2D eigenvalue weighted by atomic mass is 10.1. The fraction of sp³-hybridized carbons (Fsp3) is 0.333. The van der Waals surface area contributed by atoms with Gasteiger partial charge in [-0.15, -0.1) is 0 Å². The van der Waals surface area contributed by atoms with Crippen LogP contribution in [0.2, 0.25) is 0 Å². The molecule has 1 unspecified atom stereocenters. The highest BCUT2D eigenvalue weighted by molar-refractivity contribution is 5.87. The molecule has 0 aromatic heterocycles. The third-order valence-electron chi connectivity index (χ3n) is 4.24. The summed E-state index contributed by atoms with van der Waals surface area (Å²) in [5.74, 6) is -1.54. The van der Waals surface area contributed by atoms with Crippen molar-refractivity contribution in [3.05, 3.63) is 70.8 Å². The first-order valence-electron chi connectivity index (χ1n) is 8.95. The lowest BCUT2D eigenvalue weighted by Gasteiger charge is -2.21. The third kappa shape index (κ3) is 6.60. The molecule has 2 N–H and O–H groups in total. The van der Waals surface area contributed by atoms with Gasteiger partial charge in [-0.25, -0.2) is 4.79 Å². The lowest BCUT2D eigenvalue weighted by Crippen LogP contribution is -2.39. The average molecular weight is 409 g/mol. The highest BCUT2D eigenvalue weighted by Gasteiger charge is 2.30. The number of rotatable bonds is 8. The van der Waals surface area contributed by atoms with Crippen molar-refractivity contribution in [3.63, 3.8) is 0 Å². The van der Waals surface area contributed by atoms with E-state index < -0.39 is 23.8 Å². The number of carboxylic acids is 1. The van der Waals surface area contributed by atoms with Crippen LogP contribution in [0.5, 0.6) is 0 Å². The standard InChI is InChI=1S/C21H22F3NO4/c1-13(2)18(29-12-15-5-9-17(10-6-15)21(22,23)24)19(26)25-11-14-3-7-16(8-4-14)20(27)28/h3-10,13,18H,11-12H2,1-2H3,(H,25,26)(H,27,28). The normalized spacial score (nSPS) is 12.6. The predicted molar refractivity (Wildman–Crippen MR) is 100 cm³/mol. The van der Waals surface area contributed by atoms with Crippen molar-refractivity contribution < 1.29 is 32.6 Å². The van der Waals surface area contributed by atoms with Gasteiger partial charge in [-0.3, -0.25) is 4.79 Å². The molecule has 29 heavy (non-hydrogen) atoms. The molecule has 0 fully saturated rings. The molecule has 8 heteroatoms. The second-order valence-corrected chi connectivity index (χ2v) is 6.89. The maximum absolute atomic E-state index is 12.6. The van der Waals surface area contributed by atoms with E-state index in [0.29, 0.717) is 5.56 Å². The Kier molecular flexibility index (Phi) is 7.39. The van der Waals surface area contributed by atoms with Crippen LogP contribution in [0.25, 0.3) is 0 Å². The van der Waals surface area contributed by atoms with Crippen molar-refractivity contribution in [3.8, 4) is 0 Å². The minimum Gasteiger partial charge on any atom is -0.478 e. The summed E-state index contributed by atoms with van der Waals surface area (Å²) in [6.45, 7) is 3.81. The summed E-state index contributed by atoms with van der Waals surface area (Å²) in [5.41, 5.74) is 0.669. The van der Waals surface area contributed by atoms with Crippen LogP contribution in [0.4, 0.5) is 13.2 Å². The van der Waals surface area contributed by atoms with Gasteiger partial charge in [0.25, 0.3) is 0 Å². The van der Waals surface area contributed by atoms with Gasteiger partial charge < -0.3 is 15.2 Å². The molecule has 0 aliphatic rings. The van der Waals surface area contributed by atoms with E-state index in [2.05, 4.69) is 5.32 Å². The van der Waals surface area contributed by atoms with Crippen molar-refractivity contribution in [1.82, 2.24) is 5.32 Å². The molecule has 5 nitrogen and oxygen atoms in total. The molecule has 0 saturated heterocycles. The van der Waals surface area contributed by atoms with Crippen LogP contribution < -0.4 is 5.32 Å². The molecule has 0 radical (unpaired) electrons. The molecule has 0 aliphatic heterocycles. The Bertz CT molecular complexity index is 830. The van der Waals surface area contributed by atoms with Gasteiger partial charge in [-0.2, -0.15) is 13.2 Å². The molecule has 0 saturated carbocycles. The van der Waals surface area contributed by atoms with Gasteiger partial charge in [-0.05, 0) is 41.3 Å². The summed E-state index contributed by atoms with van der Waals surface area (Å²) in [6.07, 6.45) is -5.18. The first-order valence-corrected chi connectivity index (χ1v) is 8.95. The summed E-state index contributed by atoms with van der Waals surface area (Å²) in [4.78, 5) is 23.3. The van der Waals surface area contributed by atoms with Gasteiger partial charge in [0.2, 0.25) is 5.91 Å². The molecule has 1 amide bonds. The van der Waals surface area contributed by atoms with E-state index in [0.717, 1.165) is 17.7 Å². The van der Waals surface area contributed by atoms with E-state index in [1.807, 2.05) is 0 Å². The van der Waals surface area contributed by atoms with Crippen LogP contribution in [-0.4, -0.2) is 23.1 Å². The highest BCUT2D eigenvalue weighted by Crippen LogP contribution is 2.29. The molecular formula is C21H22F3NO4. The summed E-state index contributed by atoms with van der Waals surface area (Å²) < 4.78 is 43.5. The number of carboxylic acid groups (broad SMARTS) is 1. The number of halogens is 3. The number of alkyl halides is 3. The number of benzene rings is 2. The maximum atomic E-state index is 12.6. The Balaban J connectivity index is 1.92. The maximum Gasteiger partial charge on any atom is 0.416 e. The SMILES string of the molecule is CC(C)C(OCc1ccc(C(F)(F)F)cc1)C(=O)NCc1ccc(C(=O)O)cc1. The topological polar surface area (TPSA) is 75.6 Å². The molecule has 2 aromatic rings. The molecule has 0 spiro atoms. The van der Waals surface area contributed by atoms with E-state index in [1.165, 1.54) is 24.3 Å². The Morgan fingerprint density at radius 1 is 1.00 bits per heavy atom. The molecule has 0 aliphatic carbocycles. The number of hydrogen-bond donors (Lipinski definition) is 2. The summed E-state index contributed by atoms with van der Waals surface area (Å²) in [7, 11) is 0. The van der Waals surface area contributed by atoms with Gasteiger partial charge in [0.05, 0.1) is 17.7 Å². The molecule has 2 rings (SSSR count). The fourth-order valence-electron chi connectivity index (χ4n) is 2.60. The minimum absolute atomic E-state index is 0.00170. The van der Waals surface area contributed by atoms with Crippen molar-refractivity contribution in [2.24, 2.45) is 5.92 Å². The van der Waals surface area contributed by atoms with Gasteiger partial charge in [0.1, 0.15) is 6.10 Å². The summed E-state index contributed by atoms with van der Waals surface area (Å²) in [6, 6.07) is 10.7. The third-order valence-corrected chi connectivity index (χ3v) is 4.24. The average Bonchev–Trinajstić information content (AvgIpc) is 2.66. The molecule has 0 bridgehead atoms. The van der Waals surface area contributed by atoms with E-state index in [1.54, 1.807) is 26.0 Å².